The minimum atomic E-state index is -0.498. The average Bonchev–Trinajstić information content (AvgIpc) is 3.43. The molecule has 2 aromatic heterocycles. The highest BCUT2D eigenvalue weighted by Gasteiger charge is 2.51. The number of nitriles is 1. The Morgan fingerprint density at radius 3 is 2.59 bits per heavy atom. The van der Waals surface area contributed by atoms with E-state index in [9.17, 15) is 10.1 Å². The van der Waals surface area contributed by atoms with Crippen LogP contribution in [0.4, 0.5) is 10.6 Å². The van der Waals surface area contributed by atoms with Gasteiger partial charge in [-0.1, -0.05) is 0 Å². The third-order valence-electron chi connectivity index (χ3n) is 7.43. The van der Waals surface area contributed by atoms with E-state index in [1.807, 2.05) is 48.2 Å². The molecule has 1 aliphatic heterocycles. The molecule has 0 unspecified atom stereocenters. The quantitative estimate of drug-likeness (QED) is 0.508. The van der Waals surface area contributed by atoms with E-state index >= 15 is 0 Å². The first kappa shape index (κ1) is 27.4. The lowest BCUT2D eigenvalue weighted by Gasteiger charge is -2.45. The normalized spacial score (nSPS) is 22.2. The number of hydrogen-bond donors (Lipinski definition) is 1. The maximum atomic E-state index is 12.5. The van der Waals surface area contributed by atoms with Crippen LogP contribution in [0.2, 0.25) is 0 Å². The average molecular weight is 530 g/mol. The van der Waals surface area contributed by atoms with Gasteiger partial charge in [-0.15, -0.1) is 0 Å². The van der Waals surface area contributed by atoms with E-state index in [1.54, 1.807) is 0 Å². The number of rotatable bonds is 7. The molecule has 2 aromatic rings. The lowest BCUT2D eigenvalue weighted by Crippen LogP contribution is -2.43. The fourth-order valence-corrected chi connectivity index (χ4v) is 6.63. The number of hydrogen-bond acceptors (Lipinski definition) is 6. The molecule has 0 aromatic carbocycles. The number of aryl methyl sites for hydroxylation is 2. The summed E-state index contributed by atoms with van der Waals surface area (Å²) >= 11 is 0. The van der Waals surface area contributed by atoms with Gasteiger partial charge in [0.05, 0.1) is 11.7 Å². The van der Waals surface area contributed by atoms with E-state index in [0.717, 1.165) is 43.5 Å². The van der Waals surface area contributed by atoms with Crippen molar-refractivity contribution in [1.29, 1.82) is 5.26 Å². The summed E-state index contributed by atoms with van der Waals surface area (Å²) in [5.74, 6) is 1.68. The molecule has 1 saturated carbocycles. The van der Waals surface area contributed by atoms with Gasteiger partial charge >= 0.3 is 6.09 Å². The number of carbonyl (C=O) groups is 1. The Morgan fingerprint density at radius 1 is 1.27 bits per heavy atom. The molecule has 2 fully saturated rings. The number of anilines is 1. The molecule has 0 bridgehead atoms. The number of unbranched alkanes of at least 4 members (excludes halogenated alkanes) is 1. The van der Waals surface area contributed by atoms with Crippen molar-refractivity contribution in [2.45, 2.75) is 78.0 Å². The van der Waals surface area contributed by atoms with E-state index in [0.29, 0.717) is 30.2 Å². The second-order valence-electron chi connectivity index (χ2n) is 12.8. The molecule has 4 rings (SSSR count). The molecule has 1 aliphatic carbocycles. The zero-order chi connectivity index (χ0) is 27.2. The monoisotopic (exact) mass is 529 g/mol. The van der Waals surface area contributed by atoms with Crippen LogP contribution in [0.15, 0.2) is 6.20 Å². The minimum Gasteiger partial charge on any atom is -0.444 e. The van der Waals surface area contributed by atoms with Crippen LogP contribution >= 0.6 is 10.0 Å². The number of likely N-dealkylation sites (tertiary alicyclic amines) is 1. The largest absolute Gasteiger partial charge is 0.444 e. The van der Waals surface area contributed by atoms with Gasteiger partial charge < -0.3 is 15.4 Å². The van der Waals surface area contributed by atoms with Gasteiger partial charge in [0.1, 0.15) is 28.7 Å². The number of aromatic nitrogens is 4. The van der Waals surface area contributed by atoms with E-state index in [2.05, 4.69) is 24.8 Å². The smallest absolute Gasteiger partial charge is 0.410 e. The van der Waals surface area contributed by atoms with Gasteiger partial charge in [-0.3, -0.25) is 4.68 Å². The Morgan fingerprint density at radius 2 is 1.97 bits per heavy atom. The highest BCUT2D eigenvalue weighted by molar-refractivity contribution is 8.32. The van der Waals surface area contributed by atoms with Crippen molar-refractivity contribution >= 4 is 21.9 Å². The summed E-state index contributed by atoms with van der Waals surface area (Å²) in [6.07, 6.45) is 13.8. The van der Waals surface area contributed by atoms with Crippen molar-refractivity contribution in [2.75, 3.05) is 43.3 Å². The Hall–Kier alpha value is -2.67. The van der Waals surface area contributed by atoms with E-state index in [-0.39, 0.29) is 17.6 Å². The van der Waals surface area contributed by atoms with Crippen molar-refractivity contribution in [3.8, 4) is 17.3 Å². The number of nitrogens with zero attached hydrogens (tertiary/aromatic N) is 6. The fraction of sp³-hybridized carbons (Fsp3) is 0.704. The molecule has 2 aliphatic rings. The number of ether oxygens (including phenoxy) is 1. The standard InChI is InChI=1S/C27H43N7O2S/c1-19-22(17-33(30-19)11-8-9-13-37(5,6)7)23-21(16-28)24(29)34(31-23)20-14-27(15-20)10-12-32(18-27)25(35)36-26(2,3)4/h17,20H,8-15,18,29H2,1-7H3/t20-,27-. The summed E-state index contributed by atoms with van der Waals surface area (Å²) in [6, 6.07) is 2.40. The molecular formula is C27H43N7O2S. The summed E-state index contributed by atoms with van der Waals surface area (Å²) < 4.78 is 9.37. The molecule has 1 spiro atoms. The van der Waals surface area contributed by atoms with Crippen molar-refractivity contribution in [1.82, 2.24) is 24.5 Å². The van der Waals surface area contributed by atoms with Gasteiger partial charge in [0, 0.05) is 31.4 Å². The fourth-order valence-electron chi connectivity index (χ4n) is 5.56. The molecule has 204 valence electrons. The van der Waals surface area contributed by atoms with Crippen molar-refractivity contribution in [3.63, 3.8) is 0 Å². The molecule has 0 atom stereocenters. The number of nitrogens with two attached hydrogens (primary N) is 1. The molecule has 3 heterocycles. The van der Waals surface area contributed by atoms with Crippen LogP contribution in [0.3, 0.4) is 0 Å². The van der Waals surface area contributed by atoms with Gasteiger partial charge in [-0.25, -0.2) is 19.5 Å². The predicted octanol–water partition coefficient (Wildman–Crippen LogP) is 4.95. The van der Waals surface area contributed by atoms with E-state index in [1.165, 1.54) is 12.2 Å². The number of amides is 1. The van der Waals surface area contributed by atoms with E-state index in [4.69, 9.17) is 20.7 Å². The molecule has 1 saturated heterocycles. The van der Waals surface area contributed by atoms with Crippen LogP contribution in [0.5, 0.6) is 0 Å². The van der Waals surface area contributed by atoms with Gasteiger partial charge in [0.2, 0.25) is 0 Å². The van der Waals surface area contributed by atoms with E-state index < -0.39 is 15.6 Å². The molecule has 1 amide bonds. The highest BCUT2D eigenvalue weighted by atomic mass is 32.3. The van der Waals surface area contributed by atoms with Crippen LogP contribution in [-0.4, -0.2) is 73.8 Å². The summed E-state index contributed by atoms with van der Waals surface area (Å²) in [7, 11) is -0.482. The molecule has 2 N–H and O–H groups in total. The lowest BCUT2D eigenvalue weighted by atomic mass is 9.65. The maximum Gasteiger partial charge on any atom is 0.410 e. The third kappa shape index (κ3) is 6.08. The summed E-state index contributed by atoms with van der Waals surface area (Å²) in [4.78, 5) is 14.3. The first-order valence-electron chi connectivity index (χ1n) is 13.2. The molecular weight excluding hydrogens is 486 g/mol. The predicted molar refractivity (Wildman–Crippen MR) is 150 cm³/mol. The van der Waals surface area contributed by atoms with Crippen LogP contribution in [0, 0.1) is 23.7 Å². The van der Waals surface area contributed by atoms with Gasteiger partial charge in [-0.05, 0) is 89.7 Å². The van der Waals surface area contributed by atoms with Gasteiger partial charge in [0.15, 0.2) is 0 Å². The zero-order valence-corrected chi connectivity index (χ0v) is 24.3. The highest BCUT2D eigenvalue weighted by Crippen LogP contribution is 2.55. The molecule has 37 heavy (non-hydrogen) atoms. The second kappa shape index (κ2) is 9.90. The Bertz CT molecular complexity index is 1190. The number of carbonyl (C=O) groups excluding carboxylic acids is 1. The number of nitrogen functional groups attached to an aromatic ring is 1. The zero-order valence-electron chi connectivity index (χ0n) is 23.5. The Labute approximate surface area is 222 Å². The van der Waals surface area contributed by atoms with Gasteiger partial charge in [0.25, 0.3) is 0 Å². The minimum absolute atomic E-state index is 0.0719. The second-order valence-corrected chi connectivity index (χ2v) is 17.4. The lowest BCUT2D eigenvalue weighted by molar-refractivity contribution is 0.0188. The van der Waals surface area contributed by atoms with Crippen molar-refractivity contribution < 1.29 is 9.53 Å². The summed E-state index contributed by atoms with van der Waals surface area (Å²) in [5, 5.41) is 19.5. The summed E-state index contributed by atoms with van der Waals surface area (Å²) in [6.45, 7) is 9.89. The van der Waals surface area contributed by atoms with Gasteiger partial charge in [-0.2, -0.15) is 15.5 Å². The molecule has 9 nitrogen and oxygen atoms in total. The summed E-state index contributed by atoms with van der Waals surface area (Å²) in [5.41, 5.74) is 8.79. The Kier molecular flexibility index (Phi) is 7.32. The first-order chi connectivity index (χ1) is 17.2. The maximum absolute atomic E-state index is 12.5. The van der Waals surface area contributed by atoms with Crippen LogP contribution in [0.25, 0.3) is 11.3 Å². The van der Waals surface area contributed by atoms with Crippen LogP contribution in [0.1, 0.15) is 70.2 Å². The molecule has 0 radical (unpaired) electrons. The Balaban J connectivity index is 1.43. The molecule has 10 heteroatoms. The van der Waals surface area contributed by atoms with Crippen LogP contribution in [-0.2, 0) is 11.3 Å². The van der Waals surface area contributed by atoms with Crippen LogP contribution < -0.4 is 5.73 Å². The first-order valence-corrected chi connectivity index (χ1v) is 16.2. The van der Waals surface area contributed by atoms with Crippen molar-refractivity contribution in [2.24, 2.45) is 5.41 Å². The van der Waals surface area contributed by atoms with Crippen molar-refractivity contribution in [3.05, 3.63) is 17.5 Å². The SMILES string of the molecule is Cc1nn(CCCCS(C)(C)C)cc1-c1nn([C@H]2C[C@@]3(CCN(C(=O)OC(C)(C)C)C3)C2)c(N)c1C#N. The third-order valence-corrected chi connectivity index (χ3v) is 8.94. The topological polar surface area (TPSA) is 115 Å².